The molecule has 2 aromatic rings. The quantitative estimate of drug-likeness (QED) is 0.528. The fourth-order valence-electron chi connectivity index (χ4n) is 4.84. The SMILES string of the molecule is Cc1cccc(Sc2ncc(N3CCC(NC(=O)OC(C)(C)C)(C(=O)NC4CCOCC4)CC3)nc2C)c1C. The van der Waals surface area contributed by atoms with Crippen molar-refractivity contribution in [3.63, 3.8) is 0 Å². The fourth-order valence-corrected chi connectivity index (χ4v) is 5.81. The summed E-state index contributed by atoms with van der Waals surface area (Å²) in [5, 5.41) is 6.98. The summed E-state index contributed by atoms with van der Waals surface area (Å²) < 4.78 is 11.0. The third kappa shape index (κ3) is 7.42. The van der Waals surface area contributed by atoms with Crippen LogP contribution < -0.4 is 15.5 Å². The lowest BCUT2D eigenvalue weighted by molar-refractivity contribution is -0.130. The second-order valence-electron chi connectivity index (χ2n) is 11.5. The molecule has 1 aromatic carbocycles. The Morgan fingerprint density at radius 2 is 1.82 bits per heavy atom. The van der Waals surface area contributed by atoms with E-state index in [1.54, 1.807) is 18.0 Å². The summed E-state index contributed by atoms with van der Waals surface area (Å²) in [4.78, 5) is 39.3. The van der Waals surface area contributed by atoms with Crippen molar-refractivity contribution in [1.82, 2.24) is 20.6 Å². The van der Waals surface area contributed by atoms with E-state index in [9.17, 15) is 9.59 Å². The van der Waals surface area contributed by atoms with Crippen LogP contribution in [0.1, 0.15) is 63.3 Å². The Hall–Kier alpha value is -2.85. The number of nitrogens with one attached hydrogen (secondary N) is 2. The van der Waals surface area contributed by atoms with Crippen molar-refractivity contribution in [2.45, 2.75) is 94.3 Å². The summed E-state index contributed by atoms with van der Waals surface area (Å²) in [6.45, 7) is 14.0. The van der Waals surface area contributed by atoms with Crippen molar-refractivity contribution in [2.75, 3.05) is 31.2 Å². The molecule has 0 atom stereocenters. The number of aryl methyl sites for hydroxylation is 2. The standard InChI is InChI=1S/C29H41N5O4S/c1-19-8-7-9-23(20(19)2)39-25-21(3)31-24(18-30-25)34-14-12-29(13-15-34,33-27(36)38-28(4,5)6)26(35)32-22-10-16-37-17-11-22/h7-9,18,22H,10-17H2,1-6H3,(H,32,35)(H,33,36). The van der Waals surface area contributed by atoms with E-state index in [2.05, 4.69) is 47.6 Å². The number of nitrogens with zero attached hydrogens (tertiary/aromatic N) is 3. The van der Waals surface area contributed by atoms with E-state index >= 15 is 0 Å². The number of hydrogen-bond donors (Lipinski definition) is 2. The zero-order chi connectivity index (χ0) is 28.2. The maximum absolute atomic E-state index is 13.6. The van der Waals surface area contributed by atoms with Gasteiger partial charge in [-0.05, 0) is 84.4 Å². The van der Waals surface area contributed by atoms with E-state index in [0.717, 1.165) is 29.4 Å². The van der Waals surface area contributed by atoms with Gasteiger partial charge in [-0.2, -0.15) is 0 Å². The second kappa shape index (κ2) is 12.1. The van der Waals surface area contributed by atoms with Gasteiger partial charge < -0.3 is 25.0 Å². The number of benzene rings is 1. The molecule has 9 nitrogen and oxygen atoms in total. The number of rotatable bonds is 6. The molecule has 0 spiro atoms. The van der Waals surface area contributed by atoms with Crippen molar-refractivity contribution in [1.29, 1.82) is 0 Å². The lowest BCUT2D eigenvalue weighted by atomic mass is 9.86. The van der Waals surface area contributed by atoms with Gasteiger partial charge in [0, 0.05) is 37.2 Å². The minimum atomic E-state index is -1.06. The number of carbonyl (C=O) groups excluding carboxylic acids is 2. The monoisotopic (exact) mass is 555 g/mol. The molecule has 2 amide bonds. The summed E-state index contributed by atoms with van der Waals surface area (Å²) in [5.41, 5.74) is 1.64. The van der Waals surface area contributed by atoms with Crippen LogP contribution in [0.15, 0.2) is 34.3 Å². The Morgan fingerprint density at radius 1 is 1.13 bits per heavy atom. The molecule has 39 heavy (non-hydrogen) atoms. The van der Waals surface area contributed by atoms with Crippen LogP contribution in [0.2, 0.25) is 0 Å². The molecule has 2 N–H and O–H groups in total. The number of carbonyl (C=O) groups is 2. The number of piperidine rings is 1. The van der Waals surface area contributed by atoms with Crippen molar-refractivity contribution in [2.24, 2.45) is 0 Å². The van der Waals surface area contributed by atoms with Gasteiger partial charge in [-0.15, -0.1) is 0 Å². The maximum Gasteiger partial charge on any atom is 0.408 e. The summed E-state index contributed by atoms with van der Waals surface area (Å²) >= 11 is 1.63. The lowest BCUT2D eigenvalue weighted by Crippen LogP contribution is -2.65. The molecule has 0 unspecified atom stereocenters. The molecule has 2 saturated heterocycles. The molecule has 2 aliphatic heterocycles. The first-order valence-electron chi connectivity index (χ1n) is 13.7. The Kier molecular flexibility index (Phi) is 9.06. The smallest absolute Gasteiger partial charge is 0.408 e. The van der Waals surface area contributed by atoms with Crippen LogP contribution >= 0.6 is 11.8 Å². The van der Waals surface area contributed by atoms with Gasteiger partial charge >= 0.3 is 6.09 Å². The zero-order valence-corrected chi connectivity index (χ0v) is 24.7. The summed E-state index contributed by atoms with van der Waals surface area (Å²) in [6, 6.07) is 6.32. The largest absolute Gasteiger partial charge is 0.444 e. The van der Waals surface area contributed by atoms with E-state index in [1.807, 2.05) is 27.7 Å². The summed E-state index contributed by atoms with van der Waals surface area (Å²) in [7, 11) is 0. The van der Waals surface area contributed by atoms with Crippen molar-refractivity contribution in [3.8, 4) is 0 Å². The van der Waals surface area contributed by atoms with Crippen LogP contribution in [0, 0.1) is 20.8 Å². The molecule has 0 bridgehead atoms. The van der Waals surface area contributed by atoms with Gasteiger partial charge in [-0.1, -0.05) is 23.9 Å². The molecule has 0 aliphatic carbocycles. The van der Waals surface area contributed by atoms with Crippen LogP contribution in [0.4, 0.5) is 10.6 Å². The Bertz CT molecular complexity index is 1180. The molecule has 0 radical (unpaired) electrons. The van der Waals surface area contributed by atoms with E-state index in [1.165, 1.54) is 16.0 Å². The topological polar surface area (TPSA) is 106 Å². The van der Waals surface area contributed by atoms with E-state index in [-0.39, 0.29) is 11.9 Å². The van der Waals surface area contributed by atoms with E-state index < -0.39 is 17.2 Å². The van der Waals surface area contributed by atoms with Gasteiger partial charge in [0.15, 0.2) is 0 Å². The number of ether oxygens (including phenoxy) is 2. The zero-order valence-electron chi connectivity index (χ0n) is 23.9. The third-order valence-electron chi connectivity index (χ3n) is 7.32. The van der Waals surface area contributed by atoms with Gasteiger partial charge in [0.25, 0.3) is 0 Å². The van der Waals surface area contributed by atoms with Crippen molar-refractivity contribution < 1.29 is 19.1 Å². The van der Waals surface area contributed by atoms with E-state index in [0.29, 0.717) is 39.1 Å². The molecule has 2 aliphatic rings. The predicted molar refractivity (Wildman–Crippen MR) is 152 cm³/mol. The van der Waals surface area contributed by atoms with E-state index in [4.69, 9.17) is 19.4 Å². The van der Waals surface area contributed by atoms with Crippen LogP contribution in [-0.4, -0.2) is 65.5 Å². The Morgan fingerprint density at radius 3 is 2.46 bits per heavy atom. The van der Waals surface area contributed by atoms with Crippen LogP contribution in [-0.2, 0) is 14.3 Å². The van der Waals surface area contributed by atoms with Crippen LogP contribution in [0.25, 0.3) is 0 Å². The molecule has 10 heteroatoms. The minimum absolute atomic E-state index is 0.0391. The minimum Gasteiger partial charge on any atom is -0.444 e. The summed E-state index contributed by atoms with van der Waals surface area (Å²) in [5.74, 6) is 0.607. The van der Waals surface area contributed by atoms with Crippen molar-refractivity contribution >= 4 is 29.6 Å². The molecule has 4 rings (SSSR count). The first kappa shape index (κ1) is 29.1. The number of aromatic nitrogens is 2. The maximum atomic E-state index is 13.6. The van der Waals surface area contributed by atoms with Gasteiger partial charge in [0.2, 0.25) is 5.91 Å². The Balaban J connectivity index is 1.46. The van der Waals surface area contributed by atoms with Gasteiger partial charge in [-0.25, -0.2) is 14.8 Å². The summed E-state index contributed by atoms with van der Waals surface area (Å²) in [6.07, 6.45) is 3.61. The number of amides is 2. The van der Waals surface area contributed by atoms with Gasteiger partial charge in [0.05, 0.1) is 11.9 Å². The highest BCUT2D eigenvalue weighted by molar-refractivity contribution is 7.99. The number of anilines is 1. The fraction of sp³-hybridized carbons (Fsp3) is 0.586. The lowest BCUT2D eigenvalue weighted by Gasteiger charge is -2.42. The first-order chi connectivity index (χ1) is 18.5. The molecule has 3 heterocycles. The molecule has 0 saturated carbocycles. The molecular weight excluding hydrogens is 514 g/mol. The van der Waals surface area contributed by atoms with Crippen LogP contribution in [0.5, 0.6) is 0 Å². The predicted octanol–water partition coefficient (Wildman–Crippen LogP) is 4.71. The third-order valence-corrected chi connectivity index (χ3v) is 8.58. The van der Waals surface area contributed by atoms with Gasteiger partial charge in [-0.3, -0.25) is 4.79 Å². The molecular formula is C29H41N5O4S. The highest BCUT2D eigenvalue weighted by atomic mass is 32.2. The van der Waals surface area contributed by atoms with Crippen molar-refractivity contribution in [3.05, 3.63) is 41.2 Å². The highest BCUT2D eigenvalue weighted by Crippen LogP contribution is 2.33. The highest BCUT2D eigenvalue weighted by Gasteiger charge is 2.44. The van der Waals surface area contributed by atoms with Crippen LogP contribution in [0.3, 0.4) is 0 Å². The molecule has 2 fully saturated rings. The average Bonchev–Trinajstić information content (AvgIpc) is 2.87. The number of hydrogen-bond acceptors (Lipinski definition) is 8. The second-order valence-corrected chi connectivity index (χ2v) is 12.5. The number of alkyl carbamates (subject to hydrolysis) is 1. The molecule has 212 valence electrons. The Labute approximate surface area is 235 Å². The molecule has 1 aromatic heterocycles. The first-order valence-corrected chi connectivity index (χ1v) is 14.5. The van der Waals surface area contributed by atoms with Gasteiger partial charge in [0.1, 0.15) is 22.0 Å². The normalized spacial score (nSPS) is 17.9. The average molecular weight is 556 g/mol.